The van der Waals surface area contributed by atoms with Gasteiger partial charge >= 0.3 is 0 Å². The molecule has 0 saturated heterocycles. The molecule has 0 saturated carbocycles. The van der Waals surface area contributed by atoms with E-state index in [2.05, 4.69) is 22.0 Å². The minimum Gasteiger partial charge on any atom is -0.247 e. The molecule has 0 spiro atoms. The summed E-state index contributed by atoms with van der Waals surface area (Å²) in [5.74, 6) is 0. The van der Waals surface area contributed by atoms with Gasteiger partial charge in [0.05, 0.1) is 16.2 Å². The van der Waals surface area contributed by atoms with E-state index in [1.807, 2.05) is 49.4 Å². The van der Waals surface area contributed by atoms with Gasteiger partial charge in [-0.3, -0.25) is 0 Å². The van der Waals surface area contributed by atoms with Crippen molar-refractivity contribution in [3.63, 3.8) is 0 Å². The average molecular weight is 333 g/mol. The van der Waals surface area contributed by atoms with Crippen molar-refractivity contribution >= 4 is 38.4 Å². The normalized spacial score (nSPS) is 10.9. The number of hydrogen-bond acceptors (Lipinski definition) is 1. The maximum Gasteiger partial charge on any atom is 0.0754 e. The van der Waals surface area contributed by atoms with Crippen molar-refractivity contribution in [3.05, 3.63) is 63.6 Å². The van der Waals surface area contributed by atoms with Gasteiger partial charge in [-0.05, 0) is 30.7 Å². The quantitative estimate of drug-likeness (QED) is 0.563. The molecular formula is C16H11BrClN. The maximum absolute atomic E-state index is 6.40. The van der Waals surface area contributed by atoms with Crippen LogP contribution in [0.1, 0.15) is 5.56 Å². The molecular weight excluding hydrogens is 322 g/mol. The first-order valence-corrected chi connectivity index (χ1v) is 7.14. The van der Waals surface area contributed by atoms with Gasteiger partial charge in [-0.1, -0.05) is 57.9 Å². The fourth-order valence-electron chi connectivity index (χ4n) is 2.17. The largest absolute Gasteiger partial charge is 0.247 e. The summed E-state index contributed by atoms with van der Waals surface area (Å²) < 4.78 is 1.02. The molecule has 0 N–H and O–H groups in total. The number of rotatable bonds is 1. The lowest BCUT2D eigenvalue weighted by molar-refractivity contribution is 1.35. The van der Waals surface area contributed by atoms with E-state index in [4.69, 9.17) is 16.6 Å². The lowest BCUT2D eigenvalue weighted by Crippen LogP contribution is -1.89. The van der Waals surface area contributed by atoms with Crippen molar-refractivity contribution in [1.29, 1.82) is 0 Å². The molecule has 0 aliphatic heterocycles. The number of benzene rings is 2. The molecule has 0 aliphatic rings. The van der Waals surface area contributed by atoms with Crippen molar-refractivity contribution in [3.8, 4) is 11.3 Å². The summed E-state index contributed by atoms with van der Waals surface area (Å²) >= 11 is 9.89. The predicted molar refractivity (Wildman–Crippen MR) is 84.6 cm³/mol. The molecule has 1 aromatic heterocycles. The molecule has 0 fully saturated rings. The molecule has 3 rings (SSSR count). The third-order valence-corrected chi connectivity index (χ3v) is 3.86. The van der Waals surface area contributed by atoms with Gasteiger partial charge < -0.3 is 0 Å². The van der Waals surface area contributed by atoms with Crippen LogP contribution in [0.25, 0.3) is 22.2 Å². The highest BCUT2D eigenvalue weighted by Gasteiger charge is 2.09. The van der Waals surface area contributed by atoms with E-state index < -0.39 is 0 Å². The topological polar surface area (TPSA) is 12.9 Å². The molecule has 0 unspecified atom stereocenters. The highest BCUT2D eigenvalue weighted by molar-refractivity contribution is 9.10. The van der Waals surface area contributed by atoms with Gasteiger partial charge in [0.2, 0.25) is 0 Å². The van der Waals surface area contributed by atoms with Crippen LogP contribution < -0.4 is 0 Å². The summed E-state index contributed by atoms with van der Waals surface area (Å²) in [6, 6.07) is 16.1. The van der Waals surface area contributed by atoms with E-state index in [0.717, 1.165) is 37.2 Å². The summed E-state index contributed by atoms with van der Waals surface area (Å²) in [6.45, 7) is 2.05. The third kappa shape index (κ3) is 2.38. The van der Waals surface area contributed by atoms with E-state index in [0.29, 0.717) is 0 Å². The first-order valence-electron chi connectivity index (χ1n) is 5.97. The van der Waals surface area contributed by atoms with Crippen LogP contribution in [0.2, 0.25) is 5.02 Å². The van der Waals surface area contributed by atoms with Crippen molar-refractivity contribution in [1.82, 2.24) is 4.98 Å². The van der Waals surface area contributed by atoms with E-state index in [-0.39, 0.29) is 0 Å². The van der Waals surface area contributed by atoms with E-state index in [1.165, 1.54) is 0 Å². The number of nitrogens with zero attached hydrogens (tertiary/aromatic N) is 1. The zero-order valence-corrected chi connectivity index (χ0v) is 12.7. The highest BCUT2D eigenvalue weighted by atomic mass is 79.9. The van der Waals surface area contributed by atoms with Crippen LogP contribution >= 0.6 is 27.5 Å². The minimum atomic E-state index is 0.730. The van der Waals surface area contributed by atoms with Crippen molar-refractivity contribution in [2.24, 2.45) is 0 Å². The molecule has 2 aromatic carbocycles. The second kappa shape index (κ2) is 4.95. The minimum absolute atomic E-state index is 0.730. The Bertz CT molecular complexity index is 754. The van der Waals surface area contributed by atoms with Crippen LogP contribution in [0, 0.1) is 6.92 Å². The smallest absolute Gasteiger partial charge is 0.0754 e. The van der Waals surface area contributed by atoms with Gasteiger partial charge in [-0.2, -0.15) is 0 Å². The summed E-state index contributed by atoms with van der Waals surface area (Å²) in [4.78, 5) is 4.74. The Labute approximate surface area is 125 Å². The van der Waals surface area contributed by atoms with Crippen LogP contribution in [0.4, 0.5) is 0 Å². The summed E-state index contributed by atoms with van der Waals surface area (Å²) in [5.41, 5.74) is 4.05. The van der Waals surface area contributed by atoms with Crippen molar-refractivity contribution in [2.45, 2.75) is 6.92 Å². The van der Waals surface area contributed by atoms with Crippen molar-refractivity contribution in [2.75, 3.05) is 0 Å². The number of pyridine rings is 1. The molecule has 94 valence electrons. The SMILES string of the molecule is Cc1cc(Br)cc2c(Cl)cc(-c3ccccc3)nc12. The number of fused-ring (bicyclic) bond motifs is 1. The first kappa shape index (κ1) is 12.6. The maximum atomic E-state index is 6.40. The Morgan fingerprint density at radius 2 is 1.79 bits per heavy atom. The Hall–Kier alpha value is -1.38. The monoisotopic (exact) mass is 331 g/mol. The second-order valence-electron chi connectivity index (χ2n) is 4.47. The Morgan fingerprint density at radius 1 is 1.05 bits per heavy atom. The van der Waals surface area contributed by atoms with Gasteiger partial charge in [0.15, 0.2) is 0 Å². The van der Waals surface area contributed by atoms with Crippen LogP contribution in [-0.4, -0.2) is 4.98 Å². The van der Waals surface area contributed by atoms with E-state index >= 15 is 0 Å². The molecule has 3 heteroatoms. The Kier molecular flexibility index (Phi) is 3.29. The zero-order valence-electron chi connectivity index (χ0n) is 10.3. The summed E-state index contributed by atoms with van der Waals surface area (Å²) in [7, 11) is 0. The van der Waals surface area contributed by atoms with Crippen LogP contribution in [0.15, 0.2) is 53.0 Å². The molecule has 0 amide bonds. The van der Waals surface area contributed by atoms with Gasteiger partial charge in [-0.15, -0.1) is 0 Å². The summed E-state index contributed by atoms with van der Waals surface area (Å²) in [6.07, 6.45) is 0. The van der Waals surface area contributed by atoms with Gasteiger partial charge in [0, 0.05) is 15.4 Å². The molecule has 1 heterocycles. The van der Waals surface area contributed by atoms with E-state index in [9.17, 15) is 0 Å². The van der Waals surface area contributed by atoms with Crippen LogP contribution in [0.3, 0.4) is 0 Å². The number of halogens is 2. The molecule has 19 heavy (non-hydrogen) atoms. The third-order valence-electron chi connectivity index (χ3n) is 3.09. The molecule has 0 radical (unpaired) electrons. The lowest BCUT2D eigenvalue weighted by atomic mass is 10.1. The number of aromatic nitrogens is 1. The fourth-order valence-corrected chi connectivity index (χ4v) is 2.99. The Morgan fingerprint density at radius 3 is 2.53 bits per heavy atom. The standard InChI is InChI=1S/C16H11BrClN/c1-10-7-12(17)8-13-14(18)9-15(19-16(10)13)11-5-3-2-4-6-11/h2-9H,1H3. The Balaban J connectivity index is 2.31. The zero-order chi connectivity index (χ0) is 13.4. The summed E-state index contributed by atoms with van der Waals surface area (Å²) in [5, 5.41) is 1.71. The van der Waals surface area contributed by atoms with E-state index in [1.54, 1.807) is 0 Å². The first-order chi connectivity index (χ1) is 9.15. The van der Waals surface area contributed by atoms with Gasteiger partial charge in [-0.25, -0.2) is 4.98 Å². The molecule has 3 aromatic rings. The van der Waals surface area contributed by atoms with Gasteiger partial charge in [0.25, 0.3) is 0 Å². The molecule has 0 aliphatic carbocycles. The molecule has 0 atom stereocenters. The second-order valence-corrected chi connectivity index (χ2v) is 5.80. The predicted octanol–water partition coefficient (Wildman–Crippen LogP) is 5.63. The lowest BCUT2D eigenvalue weighted by Gasteiger charge is -2.08. The number of hydrogen-bond donors (Lipinski definition) is 0. The fraction of sp³-hybridized carbons (Fsp3) is 0.0625. The number of aryl methyl sites for hydroxylation is 1. The molecule has 1 nitrogen and oxygen atoms in total. The van der Waals surface area contributed by atoms with Gasteiger partial charge in [0.1, 0.15) is 0 Å². The average Bonchev–Trinajstić information content (AvgIpc) is 2.41. The molecule has 0 bridgehead atoms. The highest BCUT2D eigenvalue weighted by Crippen LogP contribution is 2.31. The van der Waals surface area contributed by atoms with Crippen LogP contribution in [-0.2, 0) is 0 Å². The van der Waals surface area contributed by atoms with Crippen LogP contribution in [0.5, 0.6) is 0 Å². The van der Waals surface area contributed by atoms with Crippen molar-refractivity contribution < 1.29 is 0 Å².